The van der Waals surface area contributed by atoms with Gasteiger partial charge in [0, 0.05) is 20.1 Å². The molecule has 0 saturated carbocycles. The summed E-state index contributed by atoms with van der Waals surface area (Å²) in [6.45, 7) is 7.89. The van der Waals surface area contributed by atoms with E-state index >= 15 is 0 Å². The summed E-state index contributed by atoms with van der Waals surface area (Å²) in [5.41, 5.74) is 0. The van der Waals surface area contributed by atoms with Gasteiger partial charge in [-0.15, -0.1) is 6.58 Å². The second-order valence-corrected chi connectivity index (χ2v) is 3.91. The Bertz CT molecular complexity index is 277. The van der Waals surface area contributed by atoms with Gasteiger partial charge in [0.05, 0.1) is 20.1 Å². The molecule has 5 nitrogen and oxygen atoms in total. The molecule has 0 atom stereocenters. The van der Waals surface area contributed by atoms with E-state index < -0.39 is 0 Å². The number of esters is 1. The molecule has 0 aliphatic heterocycles. The van der Waals surface area contributed by atoms with E-state index in [1.165, 1.54) is 7.11 Å². The first-order chi connectivity index (χ1) is 8.65. The van der Waals surface area contributed by atoms with Crippen LogP contribution in [0.25, 0.3) is 0 Å². The van der Waals surface area contributed by atoms with Gasteiger partial charge in [-0.2, -0.15) is 0 Å². The zero-order valence-corrected chi connectivity index (χ0v) is 11.7. The van der Waals surface area contributed by atoms with Crippen molar-refractivity contribution in [2.45, 2.75) is 26.2 Å². The minimum absolute atomic E-state index is 0.232. The Morgan fingerprint density at radius 3 is 2.83 bits per heavy atom. The third kappa shape index (κ3) is 7.70. The maximum atomic E-state index is 11.0. The zero-order valence-electron chi connectivity index (χ0n) is 11.7. The number of nitrogens with one attached hydrogen (secondary N) is 1. The zero-order chi connectivity index (χ0) is 13.8. The van der Waals surface area contributed by atoms with Crippen LogP contribution in [0.15, 0.2) is 17.6 Å². The molecule has 0 radical (unpaired) electrons. The highest BCUT2D eigenvalue weighted by Gasteiger charge is 2.05. The van der Waals surface area contributed by atoms with E-state index in [0.29, 0.717) is 13.0 Å². The summed E-state index contributed by atoms with van der Waals surface area (Å²) >= 11 is 0. The number of hydrogen-bond donors (Lipinski definition) is 1. The Kier molecular flexibility index (Phi) is 9.73. The number of carbonyl (C=O) groups is 1. The molecule has 0 fully saturated rings. The minimum Gasteiger partial charge on any atom is -0.469 e. The first-order valence-electron chi connectivity index (χ1n) is 6.32. The monoisotopic (exact) mass is 255 g/mol. The average Bonchev–Trinajstić information content (AvgIpc) is 2.37. The lowest BCUT2D eigenvalue weighted by molar-refractivity contribution is -0.140. The fraction of sp³-hybridized carbons (Fsp3) is 0.692. The van der Waals surface area contributed by atoms with Crippen molar-refractivity contribution in [3.63, 3.8) is 0 Å². The van der Waals surface area contributed by atoms with Crippen LogP contribution in [0.4, 0.5) is 0 Å². The van der Waals surface area contributed by atoms with Gasteiger partial charge in [0.1, 0.15) is 0 Å². The molecule has 0 spiro atoms. The number of hydrogen-bond acceptors (Lipinski definition) is 3. The SMILES string of the molecule is C=CCCCN(C)C(=NCCC(=O)OC)NCC. The number of ether oxygens (including phenoxy) is 1. The maximum Gasteiger partial charge on any atom is 0.307 e. The van der Waals surface area contributed by atoms with Crippen LogP contribution in [0.5, 0.6) is 0 Å². The van der Waals surface area contributed by atoms with Crippen LogP contribution in [-0.2, 0) is 9.53 Å². The lowest BCUT2D eigenvalue weighted by Gasteiger charge is -2.21. The smallest absolute Gasteiger partial charge is 0.307 e. The number of nitrogens with zero attached hydrogens (tertiary/aromatic N) is 2. The third-order valence-corrected chi connectivity index (χ3v) is 2.40. The quantitative estimate of drug-likeness (QED) is 0.234. The van der Waals surface area contributed by atoms with Crippen molar-refractivity contribution in [2.75, 3.05) is 33.8 Å². The van der Waals surface area contributed by atoms with Gasteiger partial charge in [-0.3, -0.25) is 9.79 Å². The van der Waals surface area contributed by atoms with Crippen molar-refractivity contribution in [1.82, 2.24) is 10.2 Å². The average molecular weight is 255 g/mol. The van der Waals surface area contributed by atoms with Gasteiger partial charge >= 0.3 is 5.97 Å². The van der Waals surface area contributed by atoms with Crippen molar-refractivity contribution < 1.29 is 9.53 Å². The highest BCUT2D eigenvalue weighted by Crippen LogP contribution is 1.95. The molecule has 0 rings (SSSR count). The molecular formula is C13H25N3O2. The molecule has 0 unspecified atom stereocenters. The predicted octanol–water partition coefficient (Wildman–Crippen LogP) is 1.41. The number of guanidine groups is 1. The largest absolute Gasteiger partial charge is 0.469 e. The molecule has 0 saturated heterocycles. The van der Waals surface area contributed by atoms with Crippen LogP contribution in [-0.4, -0.2) is 50.6 Å². The summed E-state index contributed by atoms with van der Waals surface area (Å²) in [4.78, 5) is 17.4. The summed E-state index contributed by atoms with van der Waals surface area (Å²) in [5.74, 6) is 0.592. The Morgan fingerprint density at radius 2 is 2.28 bits per heavy atom. The van der Waals surface area contributed by atoms with Crippen LogP contribution >= 0.6 is 0 Å². The number of unbranched alkanes of at least 4 members (excludes halogenated alkanes) is 1. The van der Waals surface area contributed by atoms with E-state index in [4.69, 9.17) is 0 Å². The number of rotatable bonds is 8. The second-order valence-electron chi connectivity index (χ2n) is 3.91. The normalized spacial score (nSPS) is 10.9. The van der Waals surface area contributed by atoms with Crippen molar-refractivity contribution in [3.05, 3.63) is 12.7 Å². The van der Waals surface area contributed by atoms with E-state index in [0.717, 1.165) is 31.9 Å². The van der Waals surface area contributed by atoms with Crippen LogP contribution in [0, 0.1) is 0 Å². The molecule has 104 valence electrons. The molecule has 0 aromatic rings. The third-order valence-electron chi connectivity index (χ3n) is 2.40. The molecule has 1 N–H and O–H groups in total. The van der Waals surface area contributed by atoms with E-state index in [-0.39, 0.29) is 5.97 Å². The Morgan fingerprint density at radius 1 is 1.56 bits per heavy atom. The summed E-state index contributed by atoms with van der Waals surface area (Å²) in [6, 6.07) is 0. The summed E-state index contributed by atoms with van der Waals surface area (Å²) in [6.07, 6.45) is 4.26. The van der Waals surface area contributed by atoms with Gasteiger partial charge in [0.2, 0.25) is 0 Å². The van der Waals surface area contributed by atoms with Crippen molar-refractivity contribution in [3.8, 4) is 0 Å². The first kappa shape index (κ1) is 16.5. The summed E-state index contributed by atoms with van der Waals surface area (Å²) in [7, 11) is 3.38. The van der Waals surface area contributed by atoms with E-state index in [9.17, 15) is 4.79 Å². The topological polar surface area (TPSA) is 53.9 Å². The molecular weight excluding hydrogens is 230 g/mol. The molecule has 18 heavy (non-hydrogen) atoms. The fourth-order valence-corrected chi connectivity index (χ4v) is 1.40. The van der Waals surface area contributed by atoms with Gasteiger partial charge in [-0.05, 0) is 19.8 Å². The predicted molar refractivity (Wildman–Crippen MR) is 74.7 cm³/mol. The van der Waals surface area contributed by atoms with Gasteiger partial charge in [-0.25, -0.2) is 0 Å². The Hall–Kier alpha value is -1.52. The van der Waals surface area contributed by atoms with Gasteiger partial charge in [0.25, 0.3) is 0 Å². The molecule has 5 heteroatoms. The van der Waals surface area contributed by atoms with Crippen molar-refractivity contribution in [1.29, 1.82) is 0 Å². The molecule has 0 amide bonds. The highest BCUT2D eigenvalue weighted by molar-refractivity contribution is 5.80. The van der Waals surface area contributed by atoms with Crippen LogP contribution in [0.1, 0.15) is 26.2 Å². The van der Waals surface area contributed by atoms with E-state index in [1.807, 2.05) is 20.0 Å². The molecule has 0 aromatic heterocycles. The Labute approximate surface area is 110 Å². The standard InChI is InChI=1S/C13H25N3O2/c1-5-7-8-11-16(3)13(14-6-2)15-10-9-12(17)18-4/h5H,1,6-11H2,2-4H3,(H,14,15). The van der Waals surface area contributed by atoms with Crippen molar-refractivity contribution >= 4 is 11.9 Å². The van der Waals surface area contributed by atoms with Gasteiger partial charge in [-0.1, -0.05) is 6.08 Å². The molecule has 0 bridgehead atoms. The lowest BCUT2D eigenvalue weighted by atomic mass is 10.3. The fourth-order valence-electron chi connectivity index (χ4n) is 1.40. The molecule has 0 aliphatic rings. The molecule has 0 heterocycles. The highest BCUT2D eigenvalue weighted by atomic mass is 16.5. The van der Waals surface area contributed by atoms with Crippen LogP contribution < -0.4 is 5.32 Å². The Balaban J connectivity index is 4.20. The summed E-state index contributed by atoms with van der Waals surface area (Å²) < 4.78 is 4.58. The minimum atomic E-state index is -0.232. The summed E-state index contributed by atoms with van der Waals surface area (Å²) in [5, 5.41) is 3.20. The van der Waals surface area contributed by atoms with E-state index in [2.05, 4.69) is 26.5 Å². The van der Waals surface area contributed by atoms with Crippen LogP contribution in [0.3, 0.4) is 0 Å². The second kappa shape index (κ2) is 10.6. The van der Waals surface area contributed by atoms with Crippen LogP contribution in [0.2, 0.25) is 0 Å². The van der Waals surface area contributed by atoms with Crippen molar-refractivity contribution in [2.24, 2.45) is 4.99 Å². The number of allylic oxidation sites excluding steroid dienone is 1. The molecule has 0 aliphatic carbocycles. The van der Waals surface area contributed by atoms with Gasteiger partial charge < -0.3 is 15.0 Å². The van der Waals surface area contributed by atoms with E-state index in [1.54, 1.807) is 0 Å². The number of methoxy groups -OCH3 is 1. The first-order valence-corrected chi connectivity index (χ1v) is 6.32. The van der Waals surface area contributed by atoms with Gasteiger partial charge in [0.15, 0.2) is 5.96 Å². The molecule has 0 aromatic carbocycles. The lowest BCUT2D eigenvalue weighted by Crippen LogP contribution is -2.39. The number of carbonyl (C=O) groups excluding carboxylic acids is 1. The number of aliphatic imine (C=N–C) groups is 1. The maximum absolute atomic E-state index is 11.0.